The first-order valence-corrected chi connectivity index (χ1v) is 11.9. The van der Waals surface area contributed by atoms with Crippen molar-refractivity contribution < 1.29 is 9.32 Å². The summed E-state index contributed by atoms with van der Waals surface area (Å²) in [4.78, 5) is 26.4. The first-order chi connectivity index (χ1) is 15.3. The monoisotopic (exact) mass is 435 g/mol. The molecule has 2 saturated heterocycles. The molecule has 0 bridgehead atoms. The number of hydrogen-bond acceptors (Lipinski definition) is 7. The summed E-state index contributed by atoms with van der Waals surface area (Å²) in [6.07, 6.45) is 3.48. The number of rotatable bonds is 4. The number of aromatic nitrogens is 3. The summed E-state index contributed by atoms with van der Waals surface area (Å²) in [6.45, 7) is 3.36. The van der Waals surface area contributed by atoms with E-state index in [-0.39, 0.29) is 5.92 Å². The Labute approximate surface area is 185 Å². The molecule has 2 aromatic heterocycles. The molecule has 1 aromatic carbocycles. The van der Waals surface area contributed by atoms with E-state index in [1.165, 1.54) is 0 Å². The molecule has 1 amide bonds. The van der Waals surface area contributed by atoms with Gasteiger partial charge in [-0.3, -0.25) is 4.79 Å². The zero-order chi connectivity index (χ0) is 21.0. The number of hydrogen-bond donors (Lipinski definition) is 0. The third-order valence-corrected chi connectivity index (χ3v) is 6.88. The van der Waals surface area contributed by atoms with Crippen molar-refractivity contribution in [1.29, 1.82) is 0 Å². The fourth-order valence-electron chi connectivity index (χ4n) is 4.23. The van der Waals surface area contributed by atoms with E-state index in [4.69, 9.17) is 4.52 Å². The lowest BCUT2D eigenvalue weighted by Gasteiger charge is -2.36. The van der Waals surface area contributed by atoms with Crippen LogP contribution in [0.25, 0.3) is 22.8 Å². The molecule has 4 heterocycles. The Kier molecular flexibility index (Phi) is 5.88. The van der Waals surface area contributed by atoms with E-state index in [0.29, 0.717) is 17.6 Å². The van der Waals surface area contributed by atoms with E-state index in [1.807, 2.05) is 59.1 Å². The molecule has 0 saturated carbocycles. The molecule has 3 aromatic rings. The first kappa shape index (κ1) is 20.1. The molecule has 7 nitrogen and oxygen atoms in total. The summed E-state index contributed by atoms with van der Waals surface area (Å²) >= 11 is 1.93. The van der Waals surface area contributed by atoms with Crippen LogP contribution >= 0.6 is 11.8 Å². The van der Waals surface area contributed by atoms with Gasteiger partial charge in [-0.15, -0.1) is 0 Å². The highest BCUT2D eigenvalue weighted by atomic mass is 32.2. The van der Waals surface area contributed by atoms with E-state index in [0.717, 1.165) is 67.5 Å². The van der Waals surface area contributed by atoms with Crippen LogP contribution in [0, 0.1) is 5.92 Å². The molecule has 2 fully saturated rings. The predicted molar refractivity (Wildman–Crippen MR) is 122 cm³/mol. The zero-order valence-electron chi connectivity index (χ0n) is 17.3. The van der Waals surface area contributed by atoms with Crippen molar-refractivity contribution in [2.75, 3.05) is 42.6 Å². The topological polar surface area (TPSA) is 75.4 Å². The van der Waals surface area contributed by atoms with Gasteiger partial charge in [-0.25, -0.2) is 4.98 Å². The number of benzene rings is 1. The lowest BCUT2D eigenvalue weighted by molar-refractivity contribution is -0.135. The van der Waals surface area contributed by atoms with E-state index in [9.17, 15) is 4.79 Å². The van der Waals surface area contributed by atoms with Crippen LogP contribution in [0.1, 0.15) is 12.8 Å². The molecular formula is C23H25N5O2S. The van der Waals surface area contributed by atoms with Crippen LogP contribution in [-0.2, 0) is 4.79 Å². The van der Waals surface area contributed by atoms with Crippen molar-refractivity contribution in [3.05, 3.63) is 48.7 Å². The Hall–Kier alpha value is -2.87. The molecule has 0 aliphatic carbocycles. The lowest BCUT2D eigenvalue weighted by atomic mass is 9.95. The summed E-state index contributed by atoms with van der Waals surface area (Å²) in [6, 6.07) is 13.6. The van der Waals surface area contributed by atoms with Crippen LogP contribution in [-0.4, -0.2) is 63.6 Å². The maximum Gasteiger partial charge on any atom is 0.261 e. The van der Waals surface area contributed by atoms with E-state index in [2.05, 4.69) is 20.0 Å². The minimum Gasteiger partial charge on any atom is -0.356 e. The van der Waals surface area contributed by atoms with Crippen LogP contribution in [0.2, 0.25) is 0 Å². The fraction of sp³-hybridized carbons (Fsp3) is 0.391. The maximum atomic E-state index is 12.9. The first-order valence-electron chi connectivity index (χ1n) is 10.8. The van der Waals surface area contributed by atoms with Gasteiger partial charge in [0.15, 0.2) is 0 Å². The van der Waals surface area contributed by atoms with Gasteiger partial charge in [-0.1, -0.05) is 35.5 Å². The second-order valence-corrected chi connectivity index (χ2v) is 9.09. The summed E-state index contributed by atoms with van der Waals surface area (Å²) in [5.41, 5.74) is 1.74. The van der Waals surface area contributed by atoms with Crippen LogP contribution in [0.5, 0.6) is 0 Å². The Morgan fingerprint density at radius 1 is 1.00 bits per heavy atom. The van der Waals surface area contributed by atoms with Crippen LogP contribution in [0.3, 0.4) is 0 Å². The van der Waals surface area contributed by atoms with Crippen LogP contribution < -0.4 is 4.90 Å². The van der Waals surface area contributed by atoms with Gasteiger partial charge in [0.05, 0.1) is 5.56 Å². The lowest BCUT2D eigenvalue weighted by Crippen LogP contribution is -2.45. The number of nitrogens with zero attached hydrogens (tertiary/aromatic N) is 5. The average molecular weight is 436 g/mol. The predicted octanol–water partition coefficient (Wildman–Crippen LogP) is 3.59. The summed E-state index contributed by atoms with van der Waals surface area (Å²) < 4.78 is 5.58. The molecular weight excluding hydrogens is 410 g/mol. The number of pyridine rings is 1. The number of carbonyl (C=O) groups excluding carboxylic acids is 1. The molecule has 5 rings (SSSR count). The standard InChI is InChI=1S/C23H25N5O2S/c29-23(28-13-15-31-16-14-28)18-8-11-27(12-9-18)21-19(7-4-10-24-21)22-25-20(26-30-22)17-5-2-1-3-6-17/h1-7,10,18H,8-9,11-16H2. The summed E-state index contributed by atoms with van der Waals surface area (Å²) in [5, 5.41) is 4.15. The van der Waals surface area contributed by atoms with E-state index >= 15 is 0 Å². The molecule has 160 valence electrons. The van der Waals surface area contributed by atoms with Gasteiger partial charge in [0.1, 0.15) is 5.82 Å². The molecule has 0 radical (unpaired) electrons. The van der Waals surface area contributed by atoms with Gasteiger partial charge in [-0.2, -0.15) is 16.7 Å². The van der Waals surface area contributed by atoms with Crippen molar-refractivity contribution in [3.63, 3.8) is 0 Å². The minimum absolute atomic E-state index is 0.111. The molecule has 8 heteroatoms. The SMILES string of the molecule is O=C(C1CCN(c2ncccc2-c2nc(-c3ccccc3)no2)CC1)N1CCSCC1. The van der Waals surface area contributed by atoms with Gasteiger partial charge in [0.2, 0.25) is 11.7 Å². The Bertz CT molecular complexity index is 1030. The molecule has 2 aliphatic rings. The Morgan fingerprint density at radius 3 is 2.55 bits per heavy atom. The van der Waals surface area contributed by atoms with E-state index in [1.54, 1.807) is 6.20 Å². The van der Waals surface area contributed by atoms with Gasteiger partial charge < -0.3 is 14.3 Å². The van der Waals surface area contributed by atoms with Gasteiger partial charge in [-0.05, 0) is 25.0 Å². The van der Waals surface area contributed by atoms with Crippen LogP contribution in [0.4, 0.5) is 5.82 Å². The Morgan fingerprint density at radius 2 is 1.77 bits per heavy atom. The Balaban J connectivity index is 1.30. The van der Waals surface area contributed by atoms with Crippen molar-refractivity contribution >= 4 is 23.5 Å². The van der Waals surface area contributed by atoms with Crippen molar-refractivity contribution in [2.45, 2.75) is 12.8 Å². The van der Waals surface area contributed by atoms with Gasteiger partial charge in [0.25, 0.3) is 5.89 Å². The van der Waals surface area contributed by atoms with Crippen molar-refractivity contribution in [3.8, 4) is 22.8 Å². The second kappa shape index (κ2) is 9.09. The molecule has 2 aliphatic heterocycles. The van der Waals surface area contributed by atoms with E-state index < -0.39 is 0 Å². The highest BCUT2D eigenvalue weighted by molar-refractivity contribution is 7.99. The second-order valence-electron chi connectivity index (χ2n) is 7.86. The molecule has 0 unspecified atom stereocenters. The number of piperidine rings is 1. The van der Waals surface area contributed by atoms with Gasteiger partial charge >= 0.3 is 0 Å². The number of thioether (sulfide) groups is 1. The highest BCUT2D eigenvalue weighted by Crippen LogP contribution is 2.32. The molecule has 31 heavy (non-hydrogen) atoms. The van der Waals surface area contributed by atoms with Crippen molar-refractivity contribution in [2.24, 2.45) is 5.92 Å². The number of anilines is 1. The number of amides is 1. The maximum absolute atomic E-state index is 12.9. The highest BCUT2D eigenvalue weighted by Gasteiger charge is 2.31. The third-order valence-electron chi connectivity index (χ3n) is 5.94. The summed E-state index contributed by atoms with van der Waals surface area (Å²) in [5.74, 6) is 4.41. The molecule has 0 spiro atoms. The zero-order valence-corrected chi connectivity index (χ0v) is 18.1. The molecule has 0 N–H and O–H groups in total. The normalized spacial score (nSPS) is 17.7. The fourth-order valence-corrected chi connectivity index (χ4v) is 5.14. The summed E-state index contributed by atoms with van der Waals surface area (Å²) in [7, 11) is 0. The van der Waals surface area contributed by atoms with Crippen molar-refractivity contribution in [1.82, 2.24) is 20.0 Å². The van der Waals surface area contributed by atoms with Gasteiger partial charge in [0, 0.05) is 55.4 Å². The van der Waals surface area contributed by atoms with Crippen LogP contribution in [0.15, 0.2) is 53.2 Å². The average Bonchev–Trinajstić information content (AvgIpc) is 3.35. The quantitative estimate of drug-likeness (QED) is 0.620. The molecule has 0 atom stereocenters. The largest absolute Gasteiger partial charge is 0.356 e. The smallest absolute Gasteiger partial charge is 0.261 e. The third kappa shape index (κ3) is 4.30. The minimum atomic E-state index is 0.111. The number of carbonyl (C=O) groups is 1.